The normalized spacial score (nSPS) is 16.8. The third kappa shape index (κ3) is 4.07. The number of benzene rings is 1. The molecule has 3 heteroatoms. The Labute approximate surface area is 128 Å². The van der Waals surface area contributed by atoms with Crippen LogP contribution in [0.4, 0.5) is 0 Å². The zero-order valence-corrected chi connectivity index (χ0v) is 13.8. The molecule has 0 radical (unpaired) electrons. The lowest BCUT2D eigenvalue weighted by Gasteiger charge is -2.29. The Morgan fingerprint density at radius 1 is 1.24 bits per heavy atom. The van der Waals surface area contributed by atoms with E-state index in [1.807, 2.05) is 30.1 Å². The highest BCUT2D eigenvalue weighted by Gasteiger charge is 2.24. The van der Waals surface area contributed by atoms with Gasteiger partial charge in [-0.15, -0.1) is 0 Å². The zero-order chi connectivity index (χ0) is 15.5. The van der Waals surface area contributed by atoms with Gasteiger partial charge in [-0.2, -0.15) is 0 Å². The van der Waals surface area contributed by atoms with Crippen LogP contribution in [0.25, 0.3) is 0 Å². The molecule has 1 N–H and O–H groups in total. The van der Waals surface area contributed by atoms with Gasteiger partial charge >= 0.3 is 0 Å². The van der Waals surface area contributed by atoms with Crippen molar-refractivity contribution in [3.63, 3.8) is 0 Å². The Hall–Kier alpha value is -1.35. The van der Waals surface area contributed by atoms with Crippen molar-refractivity contribution in [3.05, 3.63) is 35.4 Å². The van der Waals surface area contributed by atoms with Gasteiger partial charge in [-0.05, 0) is 48.9 Å². The van der Waals surface area contributed by atoms with Gasteiger partial charge < -0.3 is 10.2 Å². The smallest absolute Gasteiger partial charge is 0.253 e. The minimum Gasteiger partial charge on any atom is -0.341 e. The quantitative estimate of drug-likeness (QED) is 0.927. The van der Waals surface area contributed by atoms with Crippen LogP contribution in [0.2, 0.25) is 0 Å². The summed E-state index contributed by atoms with van der Waals surface area (Å²) in [5.74, 6) is 0.779. The van der Waals surface area contributed by atoms with Crippen molar-refractivity contribution in [2.45, 2.75) is 39.0 Å². The first-order valence-corrected chi connectivity index (χ1v) is 7.95. The Morgan fingerprint density at radius 2 is 1.86 bits per heavy atom. The summed E-state index contributed by atoms with van der Waals surface area (Å²) >= 11 is 0. The second-order valence-corrected chi connectivity index (χ2v) is 7.17. The van der Waals surface area contributed by atoms with E-state index in [2.05, 4.69) is 32.2 Å². The molecule has 1 heterocycles. The lowest BCUT2D eigenvalue weighted by molar-refractivity contribution is 0.0760. The van der Waals surface area contributed by atoms with Gasteiger partial charge in [0, 0.05) is 19.2 Å². The monoisotopic (exact) mass is 288 g/mol. The van der Waals surface area contributed by atoms with E-state index in [4.69, 9.17) is 0 Å². The van der Waals surface area contributed by atoms with Crippen molar-refractivity contribution < 1.29 is 4.79 Å². The van der Waals surface area contributed by atoms with Gasteiger partial charge in [0.05, 0.1) is 0 Å². The molecular weight excluding hydrogens is 260 g/mol. The molecule has 0 bridgehead atoms. The summed E-state index contributed by atoms with van der Waals surface area (Å²) in [6.45, 7) is 9.49. The number of nitrogens with one attached hydrogen (secondary N) is 1. The molecule has 3 nitrogen and oxygen atoms in total. The molecule has 1 aliphatic rings. The zero-order valence-electron chi connectivity index (χ0n) is 13.8. The van der Waals surface area contributed by atoms with Gasteiger partial charge in [0.25, 0.3) is 5.91 Å². The molecule has 1 aromatic carbocycles. The molecule has 1 fully saturated rings. The van der Waals surface area contributed by atoms with Gasteiger partial charge in [-0.1, -0.05) is 39.0 Å². The van der Waals surface area contributed by atoms with Gasteiger partial charge in [0.2, 0.25) is 0 Å². The van der Waals surface area contributed by atoms with Crippen LogP contribution in [0.3, 0.4) is 0 Å². The van der Waals surface area contributed by atoms with Gasteiger partial charge in [-0.25, -0.2) is 0 Å². The van der Waals surface area contributed by atoms with E-state index in [-0.39, 0.29) is 11.3 Å². The maximum absolute atomic E-state index is 12.8. The van der Waals surface area contributed by atoms with E-state index in [9.17, 15) is 4.79 Å². The molecular formula is C18H28N2O. The number of nitrogens with zero attached hydrogens (tertiary/aromatic N) is 1. The fourth-order valence-corrected chi connectivity index (χ4v) is 3.06. The van der Waals surface area contributed by atoms with Gasteiger partial charge in [0.1, 0.15) is 0 Å². The number of carbonyl (C=O) groups is 1. The summed E-state index contributed by atoms with van der Waals surface area (Å²) in [6, 6.07) is 8.01. The molecule has 1 aromatic rings. The van der Waals surface area contributed by atoms with Crippen molar-refractivity contribution in [3.8, 4) is 0 Å². The fraction of sp³-hybridized carbons (Fsp3) is 0.611. The number of piperidine rings is 1. The van der Waals surface area contributed by atoms with Crippen molar-refractivity contribution in [2.24, 2.45) is 5.92 Å². The minimum absolute atomic E-state index is 0.0121. The number of hydrogen-bond acceptors (Lipinski definition) is 2. The molecule has 1 aliphatic heterocycles. The van der Waals surface area contributed by atoms with E-state index in [1.54, 1.807) is 0 Å². The summed E-state index contributed by atoms with van der Waals surface area (Å²) < 4.78 is 0. The number of rotatable bonds is 3. The van der Waals surface area contributed by atoms with E-state index in [1.165, 1.54) is 12.8 Å². The number of carbonyl (C=O) groups excluding carboxylic acids is 1. The first kappa shape index (κ1) is 16.0. The molecule has 0 unspecified atom stereocenters. The predicted molar refractivity (Wildman–Crippen MR) is 87.7 cm³/mol. The molecule has 0 aliphatic carbocycles. The number of hydrogen-bond donors (Lipinski definition) is 1. The standard InChI is InChI=1S/C18H28N2O/c1-18(2,3)16-8-6-5-7-15(16)17(21)20(4)13-14-9-11-19-12-10-14/h5-8,14,19H,9-13H2,1-4H3. The largest absolute Gasteiger partial charge is 0.341 e. The van der Waals surface area contributed by atoms with Crippen LogP contribution < -0.4 is 5.32 Å². The van der Waals surface area contributed by atoms with E-state index < -0.39 is 0 Å². The average Bonchev–Trinajstić information content (AvgIpc) is 2.46. The molecule has 0 saturated carbocycles. The van der Waals surface area contributed by atoms with Crippen molar-refractivity contribution in [1.29, 1.82) is 0 Å². The second kappa shape index (κ2) is 6.61. The third-order valence-electron chi connectivity index (χ3n) is 4.30. The Kier molecular flexibility index (Phi) is 5.04. The highest BCUT2D eigenvalue weighted by Crippen LogP contribution is 2.26. The molecule has 2 rings (SSSR count). The maximum Gasteiger partial charge on any atom is 0.253 e. The third-order valence-corrected chi connectivity index (χ3v) is 4.30. The summed E-state index contributed by atoms with van der Waals surface area (Å²) in [7, 11) is 1.93. The molecule has 21 heavy (non-hydrogen) atoms. The lowest BCUT2D eigenvalue weighted by atomic mass is 9.83. The SMILES string of the molecule is CN(CC1CCNCC1)C(=O)c1ccccc1C(C)(C)C. The maximum atomic E-state index is 12.8. The minimum atomic E-state index is -0.0121. The fourth-order valence-electron chi connectivity index (χ4n) is 3.06. The van der Waals surface area contributed by atoms with E-state index in [0.29, 0.717) is 5.92 Å². The molecule has 0 spiro atoms. The average molecular weight is 288 g/mol. The molecule has 1 amide bonds. The summed E-state index contributed by atoms with van der Waals surface area (Å²) in [6.07, 6.45) is 2.33. The molecule has 116 valence electrons. The van der Waals surface area contributed by atoms with Crippen LogP contribution in [-0.4, -0.2) is 37.5 Å². The van der Waals surface area contributed by atoms with Crippen LogP contribution in [0, 0.1) is 5.92 Å². The Bertz CT molecular complexity index is 484. The Balaban J connectivity index is 2.12. The first-order chi connectivity index (χ1) is 9.89. The van der Waals surface area contributed by atoms with E-state index >= 15 is 0 Å². The molecule has 0 atom stereocenters. The highest BCUT2D eigenvalue weighted by molar-refractivity contribution is 5.95. The van der Waals surface area contributed by atoms with Gasteiger partial charge in [0.15, 0.2) is 0 Å². The van der Waals surface area contributed by atoms with Crippen LogP contribution >= 0.6 is 0 Å². The summed E-state index contributed by atoms with van der Waals surface area (Å²) in [4.78, 5) is 14.7. The van der Waals surface area contributed by atoms with Crippen molar-refractivity contribution >= 4 is 5.91 Å². The van der Waals surface area contributed by atoms with Crippen LogP contribution in [-0.2, 0) is 5.41 Å². The lowest BCUT2D eigenvalue weighted by Crippen LogP contribution is -2.37. The summed E-state index contributed by atoms with van der Waals surface area (Å²) in [5, 5.41) is 3.37. The van der Waals surface area contributed by atoms with Crippen LogP contribution in [0.5, 0.6) is 0 Å². The second-order valence-electron chi connectivity index (χ2n) is 7.17. The number of amides is 1. The van der Waals surface area contributed by atoms with Crippen molar-refractivity contribution in [1.82, 2.24) is 10.2 Å². The molecule has 1 saturated heterocycles. The van der Waals surface area contributed by atoms with Crippen LogP contribution in [0.1, 0.15) is 49.5 Å². The van der Waals surface area contributed by atoms with E-state index in [0.717, 1.165) is 30.8 Å². The molecule has 0 aromatic heterocycles. The summed E-state index contributed by atoms with van der Waals surface area (Å²) in [5.41, 5.74) is 1.97. The first-order valence-electron chi connectivity index (χ1n) is 7.95. The highest BCUT2D eigenvalue weighted by atomic mass is 16.2. The van der Waals surface area contributed by atoms with Gasteiger partial charge in [-0.3, -0.25) is 4.79 Å². The predicted octanol–water partition coefficient (Wildman–Crippen LogP) is 3.06. The van der Waals surface area contributed by atoms with Crippen LogP contribution in [0.15, 0.2) is 24.3 Å². The topological polar surface area (TPSA) is 32.3 Å². The Morgan fingerprint density at radius 3 is 2.48 bits per heavy atom. The van der Waals surface area contributed by atoms with Crippen molar-refractivity contribution in [2.75, 3.05) is 26.7 Å².